The predicted octanol–water partition coefficient (Wildman–Crippen LogP) is 1.27. The van der Waals surface area contributed by atoms with E-state index in [0.29, 0.717) is 6.42 Å². The lowest BCUT2D eigenvalue weighted by atomic mass is 10.2. The van der Waals surface area contributed by atoms with Crippen molar-refractivity contribution in [3.8, 4) is 0 Å². The average molecular weight is 215 g/mol. The highest BCUT2D eigenvalue weighted by Gasteiger charge is 2.06. The van der Waals surface area contributed by atoms with Crippen molar-refractivity contribution in [2.75, 3.05) is 19.6 Å². The lowest BCUT2D eigenvalue weighted by molar-refractivity contribution is -0.121. The molecule has 0 aliphatic carbocycles. The summed E-state index contributed by atoms with van der Waals surface area (Å²) in [6, 6.07) is 0. The summed E-state index contributed by atoms with van der Waals surface area (Å²) in [6.45, 7) is 7.38. The van der Waals surface area contributed by atoms with Gasteiger partial charge in [-0.15, -0.1) is 0 Å². The van der Waals surface area contributed by atoms with Crippen LogP contribution in [0.2, 0.25) is 0 Å². The van der Waals surface area contributed by atoms with Crippen LogP contribution < -0.4 is 11.3 Å². The maximum atomic E-state index is 11.0. The highest BCUT2D eigenvalue weighted by molar-refractivity contribution is 5.75. The number of carbonyl (C=O) groups is 1. The van der Waals surface area contributed by atoms with E-state index in [-0.39, 0.29) is 5.91 Å². The molecular formula is C11H25N3O. The third-order valence-corrected chi connectivity index (χ3v) is 2.47. The molecule has 0 spiro atoms. The van der Waals surface area contributed by atoms with E-state index >= 15 is 0 Å². The molecule has 0 heterocycles. The Bertz CT molecular complexity index is 154. The summed E-state index contributed by atoms with van der Waals surface area (Å²) in [5.41, 5.74) is 2.17. The van der Waals surface area contributed by atoms with E-state index in [0.717, 1.165) is 19.6 Å². The molecule has 0 unspecified atom stereocenters. The van der Waals surface area contributed by atoms with Crippen LogP contribution in [-0.2, 0) is 4.79 Å². The summed E-state index contributed by atoms with van der Waals surface area (Å²) < 4.78 is 0. The molecule has 0 aliphatic rings. The van der Waals surface area contributed by atoms with Crippen molar-refractivity contribution in [1.29, 1.82) is 0 Å². The number of hydrogen-bond acceptors (Lipinski definition) is 3. The van der Waals surface area contributed by atoms with Crippen LogP contribution >= 0.6 is 0 Å². The number of unbranched alkanes of at least 4 members (excludes halogenated alkanes) is 2. The molecule has 0 rings (SSSR count). The van der Waals surface area contributed by atoms with Crippen LogP contribution in [0.3, 0.4) is 0 Å². The van der Waals surface area contributed by atoms with E-state index in [2.05, 4.69) is 24.2 Å². The van der Waals surface area contributed by atoms with E-state index in [9.17, 15) is 4.79 Å². The molecular weight excluding hydrogens is 190 g/mol. The SMILES string of the molecule is CCCCN(CCCC)CCC(=O)NN. The quantitative estimate of drug-likeness (QED) is 0.346. The molecule has 3 N–H and O–H groups in total. The highest BCUT2D eigenvalue weighted by Crippen LogP contribution is 2.00. The Hall–Kier alpha value is -0.610. The molecule has 0 aromatic heterocycles. The fourth-order valence-corrected chi connectivity index (χ4v) is 1.43. The Morgan fingerprint density at radius 2 is 1.67 bits per heavy atom. The van der Waals surface area contributed by atoms with Crippen LogP contribution in [0.4, 0.5) is 0 Å². The Morgan fingerprint density at radius 3 is 2.07 bits per heavy atom. The molecule has 0 aromatic carbocycles. The molecule has 90 valence electrons. The molecule has 4 nitrogen and oxygen atoms in total. The van der Waals surface area contributed by atoms with Crippen LogP contribution in [-0.4, -0.2) is 30.4 Å². The number of nitrogens with one attached hydrogen (secondary N) is 1. The standard InChI is InChI=1S/C11H25N3O/c1-3-5-8-14(9-6-4-2)10-7-11(15)13-12/h3-10,12H2,1-2H3,(H,13,15). The van der Waals surface area contributed by atoms with Crippen LogP contribution in [0.1, 0.15) is 46.0 Å². The van der Waals surface area contributed by atoms with Crippen molar-refractivity contribution in [3.05, 3.63) is 0 Å². The van der Waals surface area contributed by atoms with Crippen LogP contribution in [0, 0.1) is 0 Å². The third-order valence-electron chi connectivity index (χ3n) is 2.47. The van der Waals surface area contributed by atoms with Gasteiger partial charge in [0.1, 0.15) is 0 Å². The van der Waals surface area contributed by atoms with Gasteiger partial charge in [-0.25, -0.2) is 5.84 Å². The lowest BCUT2D eigenvalue weighted by Gasteiger charge is -2.21. The predicted molar refractivity (Wildman–Crippen MR) is 63.2 cm³/mol. The molecule has 0 radical (unpaired) electrons. The molecule has 0 aliphatic heterocycles. The van der Waals surface area contributed by atoms with Gasteiger partial charge < -0.3 is 4.90 Å². The van der Waals surface area contributed by atoms with Gasteiger partial charge in [0.2, 0.25) is 5.91 Å². The van der Waals surface area contributed by atoms with Crippen molar-refractivity contribution in [2.45, 2.75) is 46.0 Å². The first-order valence-electron chi connectivity index (χ1n) is 5.96. The van der Waals surface area contributed by atoms with Gasteiger partial charge in [-0.05, 0) is 25.9 Å². The first-order chi connectivity index (χ1) is 7.24. The van der Waals surface area contributed by atoms with Gasteiger partial charge in [-0.3, -0.25) is 10.2 Å². The average Bonchev–Trinajstić information content (AvgIpc) is 2.27. The number of carbonyl (C=O) groups excluding carboxylic acids is 1. The number of amides is 1. The topological polar surface area (TPSA) is 58.4 Å². The zero-order valence-electron chi connectivity index (χ0n) is 10.1. The zero-order chi connectivity index (χ0) is 11.5. The Labute approximate surface area is 93.2 Å². The number of hydrazine groups is 1. The van der Waals surface area contributed by atoms with Crippen molar-refractivity contribution >= 4 is 5.91 Å². The van der Waals surface area contributed by atoms with Gasteiger partial charge in [-0.1, -0.05) is 26.7 Å². The van der Waals surface area contributed by atoms with Gasteiger partial charge in [0.15, 0.2) is 0 Å². The lowest BCUT2D eigenvalue weighted by Crippen LogP contribution is -2.35. The van der Waals surface area contributed by atoms with E-state index in [1.54, 1.807) is 0 Å². The second-order valence-electron chi connectivity index (χ2n) is 3.87. The molecule has 1 amide bonds. The van der Waals surface area contributed by atoms with E-state index in [1.165, 1.54) is 25.7 Å². The molecule has 0 saturated carbocycles. The minimum Gasteiger partial charge on any atom is -0.303 e. The summed E-state index contributed by atoms with van der Waals surface area (Å²) in [4.78, 5) is 13.4. The van der Waals surface area contributed by atoms with Crippen LogP contribution in [0.25, 0.3) is 0 Å². The van der Waals surface area contributed by atoms with Gasteiger partial charge in [0.05, 0.1) is 0 Å². The largest absolute Gasteiger partial charge is 0.303 e. The fourth-order valence-electron chi connectivity index (χ4n) is 1.43. The number of hydrogen-bond donors (Lipinski definition) is 2. The maximum Gasteiger partial charge on any atom is 0.235 e. The van der Waals surface area contributed by atoms with E-state index < -0.39 is 0 Å². The Morgan fingerprint density at radius 1 is 1.13 bits per heavy atom. The second kappa shape index (κ2) is 9.93. The smallest absolute Gasteiger partial charge is 0.235 e. The summed E-state index contributed by atoms with van der Waals surface area (Å²) >= 11 is 0. The molecule has 15 heavy (non-hydrogen) atoms. The first kappa shape index (κ1) is 14.4. The van der Waals surface area contributed by atoms with Crippen molar-refractivity contribution in [3.63, 3.8) is 0 Å². The zero-order valence-corrected chi connectivity index (χ0v) is 10.1. The molecule has 0 bridgehead atoms. The third kappa shape index (κ3) is 8.39. The molecule has 0 saturated heterocycles. The summed E-state index contributed by atoms with van der Waals surface area (Å²) in [5.74, 6) is 4.96. The summed E-state index contributed by atoms with van der Waals surface area (Å²) in [5, 5.41) is 0. The minimum atomic E-state index is -0.0759. The number of nitrogens with zero attached hydrogens (tertiary/aromatic N) is 1. The maximum absolute atomic E-state index is 11.0. The highest BCUT2D eigenvalue weighted by atomic mass is 16.2. The Balaban J connectivity index is 3.72. The monoisotopic (exact) mass is 215 g/mol. The number of rotatable bonds is 9. The first-order valence-corrected chi connectivity index (χ1v) is 5.96. The molecule has 4 heteroatoms. The van der Waals surface area contributed by atoms with Gasteiger partial charge in [-0.2, -0.15) is 0 Å². The van der Waals surface area contributed by atoms with Crippen molar-refractivity contribution < 1.29 is 4.79 Å². The molecule has 0 aromatic rings. The number of nitrogens with two attached hydrogens (primary N) is 1. The van der Waals surface area contributed by atoms with E-state index in [1.807, 2.05) is 0 Å². The minimum absolute atomic E-state index is 0.0759. The summed E-state index contributed by atoms with van der Waals surface area (Å²) in [6.07, 6.45) is 5.31. The fraction of sp³-hybridized carbons (Fsp3) is 0.909. The van der Waals surface area contributed by atoms with Crippen LogP contribution in [0.5, 0.6) is 0 Å². The molecule has 0 atom stereocenters. The molecule has 0 fully saturated rings. The second-order valence-corrected chi connectivity index (χ2v) is 3.87. The van der Waals surface area contributed by atoms with E-state index in [4.69, 9.17) is 5.84 Å². The van der Waals surface area contributed by atoms with Crippen LogP contribution in [0.15, 0.2) is 0 Å². The Kier molecular flexibility index (Phi) is 9.52. The summed E-state index contributed by atoms with van der Waals surface area (Å²) in [7, 11) is 0. The van der Waals surface area contributed by atoms with Gasteiger partial charge in [0, 0.05) is 13.0 Å². The van der Waals surface area contributed by atoms with Gasteiger partial charge in [0.25, 0.3) is 0 Å². The van der Waals surface area contributed by atoms with Crippen molar-refractivity contribution in [1.82, 2.24) is 10.3 Å². The normalized spacial score (nSPS) is 10.7. The van der Waals surface area contributed by atoms with Gasteiger partial charge >= 0.3 is 0 Å². The van der Waals surface area contributed by atoms with Crippen molar-refractivity contribution in [2.24, 2.45) is 5.84 Å².